The molecule has 20 heavy (non-hydrogen) atoms. The highest BCUT2D eigenvalue weighted by Crippen LogP contribution is 2.22. The lowest BCUT2D eigenvalue weighted by molar-refractivity contribution is 0.0942. The lowest BCUT2D eigenvalue weighted by Gasteiger charge is -2.26. The molecular formula is C15H22ClFN2O. The molecule has 1 amide bonds. The van der Waals surface area contributed by atoms with Gasteiger partial charge in [0.15, 0.2) is 0 Å². The van der Waals surface area contributed by atoms with Gasteiger partial charge in [-0.05, 0) is 55.9 Å². The van der Waals surface area contributed by atoms with Gasteiger partial charge in [0, 0.05) is 18.2 Å². The van der Waals surface area contributed by atoms with Crippen LogP contribution in [0.15, 0.2) is 18.2 Å². The molecule has 2 rings (SSSR count). The smallest absolute Gasteiger partial charge is 0.251 e. The van der Waals surface area contributed by atoms with Gasteiger partial charge in [-0.15, -0.1) is 12.4 Å². The third-order valence-electron chi connectivity index (χ3n) is 3.79. The quantitative estimate of drug-likeness (QED) is 0.902. The Morgan fingerprint density at radius 1 is 1.45 bits per heavy atom. The van der Waals surface area contributed by atoms with Crippen molar-refractivity contribution in [3.8, 4) is 0 Å². The topological polar surface area (TPSA) is 55.1 Å². The maximum absolute atomic E-state index is 13.1. The number of hydrogen-bond donors (Lipinski definition) is 2. The first-order valence-corrected chi connectivity index (χ1v) is 6.86. The van der Waals surface area contributed by atoms with E-state index in [1.807, 2.05) is 0 Å². The Kier molecular flexibility index (Phi) is 6.43. The number of rotatable bonds is 3. The fourth-order valence-electron chi connectivity index (χ4n) is 2.64. The summed E-state index contributed by atoms with van der Waals surface area (Å²) in [4.78, 5) is 12.0. The standard InChI is InChI=1S/C15H21FN2O.ClH/c1-10-7-12(5-6-14(10)16)15(19)18-9-11-3-2-4-13(17)8-11;/h5-7,11,13H,2-4,8-9,17H2,1H3,(H,18,19);1H. The number of aryl methyl sites for hydroxylation is 1. The number of halogens is 2. The Hall–Kier alpha value is -1.13. The van der Waals surface area contributed by atoms with Crippen LogP contribution in [0.3, 0.4) is 0 Å². The second-order valence-corrected chi connectivity index (χ2v) is 5.47. The normalized spacial score (nSPS) is 21.9. The minimum absolute atomic E-state index is 0. The van der Waals surface area contributed by atoms with Crippen molar-refractivity contribution < 1.29 is 9.18 Å². The average Bonchev–Trinajstić information content (AvgIpc) is 2.39. The van der Waals surface area contributed by atoms with Crippen LogP contribution in [0.4, 0.5) is 4.39 Å². The summed E-state index contributed by atoms with van der Waals surface area (Å²) in [5.41, 5.74) is 6.93. The average molecular weight is 301 g/mol. The molecule has 5 heteroatoms. The number of amides is 1. The molecule has 0 spiro atoms. The number of nitrogens with two attached hydrogens (primary N) is 1. The molecule has 1 aromatic rings. The Bertz CT molecular complexity index is 467. The van der Waals surface area contributed by atoms with Crippen LogP contribution in [0.1, 0.15) is 41.6 Å². The van der Waals surface area contributed by atoms with E-state index in [2.05, 4.69) is 5.32 Å². The molecule has 1 aliphatic rings. The van der Waals surface area contributed by atoms with E-state index in [0.717, 1.165) is 25.7 Å². The van der Waals surface area contributed by atoms with E-state index in [1.165, 1.54) is 12.1 Å². The molecule has 1 fully saturated rings. The Morgan fingerprint density at radius 3 is 2.85 bits per heavy atom. The summed E-state index contributed by atoms with van der Waals surface area (Å²) in [5.74, 6) is 0.0475. The fraction of sp³-hybridized carbons (Fsp3) is 0.533. The minimum Gasteiger partial charge on any atom is -0.352 e. The first-order valence-electron chi connectivity index (χ1n) is 6.86. The zero-order valence-electron chi connectivity index (χ0n) is 11.7. The highest BCUT2D eigenvalue weighted by molar-refractivity contribution is 5.94. The van der Waals surface area contributed by atoms with E-state index in [4.69, 9.17) is 5.73 Å². The number of nitrogens with one attached hydrogen (secondary N) is 1. The van der Waals surface area contributed by atoms with E-state index in [-0.39, 0.29) is 30.2 Å². The first-order chi connectivity index (χ1) is 9.06. The zero-order valence-corrected chi connectivity index (χ0v) is 12.5. The van der Waals surface area contributed by atoms with E-state index < -0.39 is 0 Å². The number of benzene rings is 1. The van der Waals surface area contributed by atoms with Gasteiger partial charge < -0.3 is 11.1 Å². The van der Waals surface area contributed by atoms with Gasteiger partial charge in [-0.1, -0.05) is 6.42 Å². The molecule has 1 saturated carbocycles. The molecule has 0 aromatic heterocycles. The van der Waals surface area contributed by atoms with E-state index in [0.29, 0.717) is 23.6 Å². The number of hydrogen-bond acceptors (Lipinski definition) is 2. The molecule has 3 nitrogen and oxygen atoms in total. The van der Waals surface area contributed by atoms with Crippen LogP contribution in [0.2, 0.25) is 0 Å². The molecule has 3 N–H and O–H groups in total. The van der Waals surface area contributed by atoms with Gasteiger partial charge in [0.05, 0.1) is 0 Å². The SMILES string of the molecule is Cc1cc(C(=O)NCC2CCCC(N)C2)ccc1F.Cl. The van der Waals surface area contributed by atoms with Crippen molar-refractivity contribution in [2.24, 2.45) is 11.7 Å². The van der Waals surface area contributed by atoms with E-state index >= 15 is 0 Å². The summed E-state index contributed by atoms with van der Waals surface area (Å²) in [7, 11) is 0. The molecule has 0 aliphatic heterocycles. The van der Waals surface area contributed by atoms with Crippen LogP contribution < -0.4 is 11.1 Å². The second-order valence-electron chi connectivity index (χ2n) is 5.47. The fourth-order valence-corrected chi connectivity index (χ4v) is 2.64. The van der Waals surface area contributed by atoms with Crippen molar-refractivity contribution in [1.82, 2.24) is 5.32 Å². The molecule has 2 unspecified atom stereocenters. The summed E-state index contributed by atoms with van der Waals surface area (Å²) in [6.45, 7) is 2.31. The number of carbonyl (C=O) groups is 1. The van der Waals surface area contributed by atoms with Crippen LogP contribution in [-0.4, -0.2) is 18.5 Å². The van der Waals surface area contributed by atoms with E-state index in [1.54, 1.807) is 13.0 Å². The number of carbonyl (C=O) groups excluding carboxylic acids is 1. The van der Waals surface area contributed by atoms with E-state index in [9.17, 15) is 9.18 Å². The van der Waals surface area contributed by atoms with Gasteiger partial charge in [-0.3, -0.25) is 4.79 Å². The Labute approximate surface area is 125 Å². The van der Waals surface area contributed by atoms with Gasteiger partial charge in [0.1, 0.15) is 5.82 Å². The monoisotopic (exact) mass is 300 g/mol. The Balaban J connectivity index is 0.00000200. The Morgan fingerprint density at radius 2 is 2.20 bits per heavy atom. The molecule has 1 aromatic carbocycles. The van der Waals surface area contributed by atoms with Gasteiger partial charge >= 0.3 is 0 Å². The highest BCUT2D eigenvalue weighted by Gasteiger charge is 2.19. The van der Waals surface area contributed by atoms with Crippen molar-refractivity contribution >= 4 is 18.3 Å². The molecule has 0 saturated heterocycles. The van der Waals surface area contributed by atoms with Crippen molar-refractivity contribution in [2.45, 2.75) is 38.6 Å². The lowest BCUT2D eigenvalue weighted by Crippen LogP contribution is -2.35. The maximum Gasteiger partial charge on any atom is 0.251 e. The molecule has 2 atom stereocenters. The van der Waals surface area contributed by atoms with Gasteiger partial charge in [-0.2, -0.15) is 0 Å². The first kappa shape index (κ1) is 16.9. The molecule has 0 heterocycles. The van der Waals surface area contributed by atoms with Crippen LogP contribution in [0.5, 0.6) is 0 Å². The molecular weight excluding hydrogens is 279 g/mol. The summed E-state index contributed by atoms with van der Waals surface area (Å²) in [5, 5.41) is 2.92. The van der Waals surface area contributed by atoms with Crippen molar-refractivity contribution in [1.29, 1.82) is 0 Å². The van der Waals surface area contributed by atoms with Crippen molar-refractivity contribution in [2.75, 3.05) is 6.54 Å². The second kappa shape index (κ2) is 7.60. The third kappa shape index (κ3) is 4.46. The molecule has 0 bridgehead atoms. The maximum atomic E-state index is 13.1. The van der Waals surface area contributed by atoms with Crippen molar-refractivity contribution in [3.05, 3.63) is 35.1 Å². The van der Waals surface area contributed by atoms with Gasteiger partial charge in [0.2, 0.25) is 0 Å². The summed E-state index contributed by atoms with van der Waals surface area (Å²) >= 11 is 0. The van der Waals surface area contributed by atoms with Crippen LogP contribution in [-0.2, 0) is 0 Å². The largest absolute Gasteiger partial charge is 0.352 e. The molecule has 112 valence electrons. The summed E-state index contributed by atoms with van der Waals surface area (Å²) < 4.78 is 13.1. The lowest BCUT2D eigenvalue weighted by atomic mass is 9.86. The summed E-state index contributed by atoms with van der Waals surface area (Å²) in [6.07, 6.45) is 4.32. The van der Waals surface area contributed by atoms with Gasteiger partial charge in [-0.25, -0.2) is 4.39 Å². The van der Waals surface area contributed by atoms with Crippen LogP contribution in [0, 0.1) is 18.7 Å². The van der Waals surface area contributed by atoms with Crippen LogP contribution >= 0.6 is 12.4 Å². The highest BCUT2D eigenvalue weighted by atomic mass is 35.5. The summed E-state index contributed by atoms with van der Waals surface area (Å²) in [6, 6.07) is 4.70. The minimum atomic E-state index is -0.283. The van der Waals surface area contributed by atoms with Crippen LogP contribution in [0.25, 0.3) is 0 Å². The molecule has 1 aliphatic carbocycles. The van der Waals surface area contributed by atoms with Crippen molar-refractivity contribution in [3.63, 3.8) is 0 Å². The predicted molar refractivity (Wildman–Crippen MR) is 80.7 cm³/mol. The molecule has 0 radical (unpaired) electrons. The zero-order chi connectivity index (χ0) is 13.8. The predicted octanol–water partition coefficient (Wildman–Crippen LogP) is 2.80. The third-order valence-corrected chi connectivity index (χ3v) is 3.79. The van der Waals surface area contributed by atoms with Gasteiger partial charge in [0.25, 0.3) is 5.91 Å².